The molecule has 15 heavy (non-hydrogen) atoms. The molecule has 0 aromatic carbocycles. The van der Waals surface area contributed by atoms with E-state index >= 15 is 0 Å². The molecular formula is C12H24N2O. The number of hydrogen-bond acceptors (Lipinski definition) is 2. The summed E-state index contributed by atoms with van der Waals surface area (Å²) < 4.78 is 0. The minimum atomic E-state index is 0.00470. The number of carbonyl (C=O) groups is 1. The lowest BCUT2D eigenvalue weighted by atomic mass is 9.85. The molecule has 1 atom stereocenters. The molecule has 0 heterocycles. The zero-order valence-corrected chi connectivity index (χ0v) is 9.96. The molecule has 1 aliphatic rings. The van der Waals surface area contributed by atoms with Gasteiger partial charge in [0.05, 0.1) is 5.92 Å². The fraction of sp³-hybridized carbons (Fsp3) is 0.917. The molecular weight excluding hydrogens is 188 g/mol. The maximum absolute atomic E-state index is 11.8. The van der Waals surface area contributed by atoms with Crippen LogP contribution in [-0.2, 0) is 4.79 Å². The van der Waals surface area contributed by atoms with Crippen molar-refractivity contribution in [2.24, 2.45) is 23.5 Å². The molecule has 1 saturated carbocycles. The van der Waals surface area contributed by atoms with Gasteiger partial charge in [-0.15, -0.1) is 0 Å². The molecule has 1 rings (SSSR count). The van der Waals surface area contributed by atoms with Gasteiger partial charge in [0.25, 0.3) is 0 Å². The van der Waals surface area contributed by atoms with Crippen LogP contribution in [0.4, 0.5) is 0 Å². The van der Waals surface area contributed by atoms with Crippen molar-refractivity contribution in [2.45, 2.75) is 39.5 Å². The highest BCUT2D eigenvalue weighted by atomic mass is 16.1. The van der Waals surface area contributed by atoms with Gasteiger partial charge < -0.3 is 11.1 Å². The highest BCUT2D eigenvalue weighted by molar-refractivity contribution is 5.78. The van der Waals surface area contributed by atoms with Crippen LogP contribution in [0.25, 0.3) is 0 Å². The van der Waals surface area contributed by atoms with Crippen molar-refractivity contribution < 1.29 is 4.79 Å². The minimum Gasteiger partial charge on any atom is -0.356 e. The Balaban J connectivity index is 2.22. The lowest BCUT2D eigenvalue weighted by molar-refractivity contribution is -0.125. The number of amides is 1. The quantitative estimate of drug-likeness (QED) is 0.701. The first-order valence-electron chi connectivity index (χ1n) is 6.11. The van der Waals surface area contributed by atoms with E-state index in [9.17, 15) is 4.79 Å². The predicted molar refractivity (Wildman–Crippen MR) is 62.4 cm³/mol. The van der Waals surface area contributed by atoms with Gasteiger partial charge in [-0.1, -0.05) is 20.3 Å². The van der Waals surface area contributed by atoms with Crippen molar-refractivity contribution in [3.05, 3.63) is 0 Å². The molecule has 0 bridgehead atoms. The molecule has 0 saturated heterocycles. The number of carbonyl (C=O) groups excluding carboxylic acids is 1. The first kappa shape index (κ1) is 12.5. The summed E-state index contributed by atoms with van der Waals surface area (Å²) in [5, 5.41) is 3.02. The largest absolute Gasteiger partial charge is 0.356 e. The smallest absolute Gasteiger partial charge is 0.224 e. The van der Waals surface area contributed by atoms with E-state index in [-0.39, 0.29) is 11.8 Å². The predicted octanol–water partition coefficient (Wildman–Crippen LogP) is 1.52. The van der Waals surface area contributed by atoms with Gasteiger partial charge >= 0.3 is 0 Å². The third-order valence-corrected chi connectivity index (χ3v) is 3.20. The standard InChI is InChI=1S/C12H24N2O/c1-9(2)6-11(7-13)12(15)14-8-10-4-3-5-10/h9-11H,3-8,13H2,1-2H3,(H,14,15). The van der Waals surface area contributed by atoms with Crippen LogP contribution in [-0.4, -0.2) is 19.0 Å². The van der Waals surface area contributed by atoms with Crippen LogP contribution in [0.3, 0.4) is 0 Å². The summed E-state index contributed by atoms with van der Waals surface area (Å²) in [6, 6.07) is 0. The monoisotopic (exact) mass is 212 g/mol. The van der Waals surface area contributed by atoms with Crippen molar-refractivity contribution in [2.75, 3.05) is 13.1 Å². The van der Waals surface area contributed by atoms with E-state index in [0.717, 1.165) is 18.9 Å². The number of hydrogen-bond donors (Lipinski definition) is 2. The van der Waals surface area contributed by atoms with Crippen molar-refractivity contribution in [1.29, 1.82) is 0 Å². The molecule has 1 amide bonds. The van der Waals surface area contributed by atoms with Gasteiger partial charge in [-0.25, -0.2) is 0 Å². The van der Waals surface area contributed by atoms with Crippen LogP contribution < -0.4 is 11.1 Å². The van der Waals surface area contributed by atoms with Gasteiger partial charge in [0.1, 0.15) is 0 Å². The van der Waals surface area contributed by atoms with E-state index in [0.29, 0.717) is 12.5 Å². The fourth-order valence-corrected chi connectivity index (χ4v) is 1.97. The number of nitrogens with two attached hydrogens (primary N) is 1. The molecule has 1 unspecified atom stereocenters. The van der Waals surface area contributed by atoms with Crippen molar-refractivity contribution in [3.8, 4) is 0 Å². The van der Waals surface area contributed by atoms with E-state index in [2.05, 4.69) is 19.2 Å². The maximum atomic E-state index is 11.8. The molecule has 0 spiro atoms. The number of rotatable bonds is 6. The van der Waals surface area contributed by atoms with Crippen LogP contribution >= 0.6 is 0 Å². The first-order chi connectivity index (χ1) is 7.13. The second-order valence-corrected chi connectivity index (χ2v) is 5.10. The van der Waals surface area contributed by atoms with Crippen LogP contribution in [0.1, 0.15) is 39.5 Å². The van der Waals surface area contributed by atoms with Gasteiger partial charge in [0.15, 0.2) is 0 Å². The van der Waals surface area contributed by atoms with E-state index in [1.54, 1.807) is 0 Å². The molecule has 3 nitrogen and oxygen atoms in total. The van der Waals surface area contributed by atoms with Crippen LogP contribution in [0.2, 0.25) is 0 Å². The van der Waals surface area contributed by atoms with E-state index in [1.165, 1.54) is 19.3 Å². The van der Waals surface area contributed by atoms with Crippen LogP contribution in [0, 0.1) is 17.8 Å². The Kier molecular flexibility index (Phi) is 5.09. The summed E-state index contributed by atoms with van der Waals surface area (Å²) in [5.74, 6) is 1.42. The fourth-order valence-electron chi connectivity index (χ4n) is 1.97. The zero-order valence-electron chi connectivity index (χ0n) is 9.96. The molecule has 0 aromatic rings. The Hall–Kier alpha value is -0.570. The Labute approximate surface area is 92.8 Å². The summed E-state index contributed by atoms with van der Waals surface area (Å²) >= 11 is 0. The second kappa shape index (κ2) is 6.11. The molecule has 0 aromatic heterocycles. The van der Waals surface area contributed by atoms with Gasteiger partial charge in [0.2, 0.25) is 5.91 Å². The van der Waals surface area contributed by atoms with Gasteiger partial charge in [-0.3, -0.25) is 4.79 Å². The van der Waals surface area contributed by atoms with E-state index in [4.69, 9.17) is 5.73 Å². The highest BCUT2D eigenvalue weighted by Crippen LogP contribution is 2.25. The second-order valence-electron chi connectivity index (χ2n) is 5.10. The molecule has 88 valence electrons. The Bertz CT molecular complexity index is 200. The Morgan fingerprint density at radius 3 is 2.53 bits per heavy atom. The third-order valence-electron chi connectivity index (χ3n) is 3.20. The Morgan fingerprint density at radius 2 is 2.13 bits per heavy atom. The van der Waals surface area contributed by atoms with Gasteiger partial charge in [-0.05, 0) is 31.1 Å². The normalized spacial score (nSPS) is 18.7. The van der Waals surface area contributed by atoms with Gasteiger partial charge in [0, 0.05) is 13.1 Å². The van der Waals surface area contributed by atoms with Crippen LogP contribution in [0.15, 0.2) is 0 Å². The third kappa shape index (κ3) is 4.20. The Morgan fingerprint density at radius 1 is 1.47 bits per heavy atom. The summed E-state index contributed by atoms with van der Waals surface area (Å²) in [5.41, 5.74) is 5.61. The van der Waals surface area contributed by atoms with E-state index in [1.807, 2.05) is 0 Å². The maximum Gasteiger partial charge on any atom is 0.224 e. The molecule has 0 aliphatic heterocycles. The first-order valence-corrected chi connectivity index (χ1v) is 6.11. The molecule has 1 fully saturated rings. The summed E-state index contributed by atoms with van der Waals surface area (Å²) in [6.45, 7) is 5.58. The zero-order chi connectivity index (χ0) is 11.3. The SMILES string of the molecule is CC(C)CC(CN)C(=O)NCC1CCC1. The van der Waals surface area contributed by atoms with Crippen molar-refractivity contribution in [3.63, 3.8) is 0 Å². The van der Waals surface area contributed by atoms with Crippen molar-refractivity contribution in [1.82, 2.24) is 5.32 Å². The lowest BCUT2D eigenvalue weighted by Gasteiger charge is -2.26. The minimum absolute atomic E-state index is 0.00470. The number of nitrogens with one attached hydrogen (secondary N) is 1. The molecule has 0 radical (unpaired) electrons. The highest BCUT2D eigenvalue weighted by Gasteiger charge is 2.21. The molecule has 3 N–H and O–H groups in total. The lowest BCUT2D eigenvalue weighted by Crippen LogP contribution is -2.39. The molecule has 1 aliphatic carbocycles. The average Bonchev–Trinajstić information content (AvgIpc) is 2.11. The van der Waals surface area contributed by atoms with Gasteiger partial charge in [-0.2, -0.15) is 0 Å². The average molecular weight is 212 g/mol. The summed E-state index contributed by atoms with van der Waals surface area (Å²) in [6.07, 6.45) is 4.77. The topological polar surface area (TPSA) is 55.1 Å². The van der Waals surface area contributed by atoms with E-state index < -0.39 is 0 Å². The summed E-state index contributed by atoms with van der Waals surface area (Å²) in [7, 11) is 0. The summed E-state index contributed by atoms with van der Waals surface area (Å²) in [4.78, 5) is 11.8. The van der Waals surface area contributed by atoms with Crippen LogP contribution in [0.5, 0.6) is 0 Å². The molecule has 3 heteroatoms. The van der Waals surface area contributed by atoms with Crippen molar-refractivity contribution >= 4 is 5.91 Å².